The number of fused-ring (bicyclic) bond motifs is 1. The number of methoxy groups -OCH3 is 1. The maximum atomic E-state index is 11.3. The van der Waals surface area contributed by atoms with Crippen molar-refractivity contribution >= 4 is 17.6 Å². The summed E-state index contributed by atoms with van der Waals surface area (Å²) in [5.74, 6) is 0.815. The first-order chi connectivity index (χ1) is 8.22. The highest BCUT2D eigenvalue weighted by molar-refractivity contribution is 6.29. The number of ether oxygens (including phenoxy) is 3. The van der Waals surface area contributed by atoms with Gasteiger partial charge in [0.2, 0.25) is 0 Å². The molecule has 0 fully saturated rings. The highest BCUT2D eigenvalue weighted by Crippen LogP contribution is 2.34. The highest BCUT2D eigenvalue weighted by atomic mass is 35.5. The number of hydrogen-bond acceptors (Lipinski definition) is 4. The SMILES string of the molecule is COC(=O)C(Cl)c1ccc2c(c1)OCCCO2. The van der Waals surface area contributed by atoms with E-state index in [1.54, 1.807) is 18.2 Å². The molecule has 2 rings (SSSR count). The normalized spacial score (nSPS) is 15.9. The molecule has 17 heavy (non-hydrogen) atoms. The third kappa shape index (κ3) is 2.64. The molecule has 1 aliphatic rings. The predicted molar refractivity (Wildman–Crippen MR) is 62.7 cm³/mol. The van der Waals surface area contributed by atoms with Crippen molar-refractivity contribution < 1.29 is 19.0 Å². The molecule has 1 atom stereocenters. The monoisotopic (exact) mass is 256 g/mol. The second-order valence-corrected chi connectivity index (χ2v) is 4.08. The second-order valence-electron chi connectivity index (χ2n) is 3.64. The van der Waals surface area contributed by atoms with E-state index in [0.717, 1.165) is 6.42 Å². The summed E-state index contributed by atoms with van der Waals surface area (Å²) >= 11 is 5.97. The molecule has 0 saturated carbocycles. The molecule has 0 amide bonds. The van der Waals surface area contributed by atoms with Crippen molar-refractivity contribution in [2.75, 3.05) is 20.3 Å². The molecule has 1 heterocycles. The van der Waals surface area contributed by atoms with Gasteiger partial charge in [-0.15, -0.1) is 11.6 Å². The Balaban J connectivity index is 2.26. The second kappa shape index (κ2) is 5.27. The van der Waals surface area contributed by atoms with Crippen LogP contribution in [0.5, 0.6) is 11.5 Å². The van der Waals surface area contributed by atoms with Crippen LogP contribution in [-0.2, 0) is 9.53 Å². The Morgan fingerprint density at radius 2 is 2.06 bits per heavy atom. The van der Waals surface area contributed by atoms with Crippen LogP contribution in [-0.4, -0.2) is 26.3 Å². The van der Waals surface area contributed by atoms with E-state index in [1.807, 2.05) is 0 Å². The van der Waals surface area contributed by atoms with Crippen LogP contribution < -0.4 is 9.47 Å². The first kappa shape index (κ1) is 12.0. The van der Waals surface area contributed by atoms with Crippen LogP contribution >= 0.6 is 11.6 Å². The van der Waals surface area contributed by atoms with E-state index >= 15 is 0 Å². The molecular weight excluding hydrogens is 244 g/mol. The first-order valence-electron chi connectivity index (χ1n) is 5.34. The third-order valence-electron chi connectivity index (χ3n) is 2.47. The lowest BCUT2D eigenvalue weighted by atomic mass is 10.1. The molecule has 0 aromatic heterocycles. The lowest BCUT2D eigenvalue weighted by Crippen LogP contribution is -2.08. The molecule has 0 radical (unpaired) electrons. The Kier molecular flexibility index (Phi) is 3.74. The number of hydrogen-bond donors (Lipinski definition) is 0. The Morgan fingerprint density at radius 1 is 1.35 bits per heavy atom. The van der Waals surface area contributed by atoms with Gasteiger partial charge in [0.15, 0.2) is 16.9 Å². The maximum Gasteiger partial charge on any atom is 0.328 e. The van der Waals surface area contributed by atoms with Crippen LogP contribution in [0.3, 0.4) is 0 Å². The van der Waals surface area contributed by atoms with Crippen LogP contribution in [0.2, 0.25) is 0 Å². The maximum absolute atomic E-state index is 11.3. The molecule has 1 aromatic rings. The zero-order chi connectivity index (χ0) is 12.3. The Labute approximate surface area is 104 Å². The quantitative estimate of drug-likeness (QED) is 0.602. The molecule has 4 nitrogen and oxygen atoms in total. The Hall–Kier alpha value is -1.42. The highest BCUT2D eigenvalue weighted by Gasteiger charge is 2.20. The number of halogens is 1. The van der Waals surface area contributed by atoms with Gasteiger partial charge in [0, 0.05) is 6.42 Å². The summed E-state index contributed by atoms with van der Waals surface area (Å²) in [4.78, 5) is 11.3. The van der Waals surface area contributed by atoms with E-state index in [9.17, 15) is 4.79 Å². The summed E-state index contributed by atoms with van der Waals surface area (Å²) in [5, 5.41) is -0.822. The van der Waals surface area contributed by atoms with Crippen molar-refractivity contribution in [3.8, 4) is 11.5 Å². The minimum atomic E-state index is -0.822. The van der Waals surface area contributed by atoms with Crippen LogP contribution in [0.15, 0.2) is 18.2 Å². The Bertz CT molecular complexity index is 419. The molecule has 1 unspecified atom stereocenters. The number of carbonyl (C=O) groups is 1. The van der Waals surface area contributed by atoms with E-state index in [0.29, 0.717) is 30.3 Å². The molecule has 5 heteroatoms. The van der Waals surface area contributed by atoms with E-state index < -0.39 is 11.3 Å². The van der Waals surface area contributed by atoms with E-state index in [4.69, 9.17) is 21.1 Å². The summed E-state index contributed by atoms with van der Waals surface area (Å²) < 4.78 is 15.6. The summed E-state index contributed by atoms with van der Waals surface area (Å²) in [6.45, 7) is 1.23. The van der Waals surface area contributed by atoms with Crippen molar-refractivity contribution in [1.82, 2.24) is 0 Å². The summed E-state index contributed by atoms with van der Waals surface area (Å²) in [7, 11) is 1.31. The van der Waals surface area contributed by atoms with E-state index in [-0.39, 0.29) is 0 Å². The fourth-order valence-corrected chi connectivity index (χ4v) is 1.80. The molecule has 0 aliphatic carbocycles. The van der Waals surface area contributed by atoms with Gasteiger partial charge in [-0.05, 0) is 17.7 Å². The van der Waals surface area contributed by atoms with Crippen LogP contribution in [0, 0.1) is 0 Å². The summed E-state index contributed by atoms with van der Waals surface area (Å²) in [5.41, 5.74) is 0.641. The number of alkyl halides is 1. The van der Waals surface area contributed by atoms with Gasteiger partial charge in [0.25, 0.3) is 0 Å². The third-order valence-corrected chi connectivity index (χ3v) is 2.90. The average molecular weight is 257 g/mol. The molecular formula is C12H13ClO4. The van der Waals surface area contributed by atoms with Crippen molar-refractivity contribution in [2.24, 2.45) is 0 Å². The first-order valence-corrected chi connectivity index (χ1v) is 5.77. The summed E-state index contributed by atoms with van der Waals surface area (Å²) in [6.07, 6.45) is 0.839. The van der Waals surface area contributed by atoms with Gasteiger partial charge in [-0.2, -0.15) is 0 Å². The zero-order valence-corrected chi connectivity index (χ0v) is 10.2. The van der Waals surface area contributed by atoms with Gasteiger partial charge in [-0.1, -0.05) is 6.07 Å². The molecule has 0 saturated heterocycles. The fourth-order valence-electron chi connectivity index (χ4n) is 1.58. The van der Waals surface area contributed by atoms with Gasteiger partial charge in [-0.3, -0.25) is 4.79 Å². The van der Waals surface area contributed by atoms with Gasteiger partial charge >= 0.3 is 5.97 Å². The fraction of sp³-hybridized carbons (Fsp3) is 0.417. The van der Waals surface area contributed by atoms with Crippen LogP contribution in [0.1, 0.15) is 17.4 Å². The lowest BCUT2D eigenvalue weighted by molar-refractivity contribution is -0.140. The van der Waals surface area contributed by atoms with E-state index in [2.05, 4.69) is 4.74 Å². The Morgan fingerprint density at radius 3 is 2.76 bits per heavy atom. The smallest absolute Gasteiger partial charge is 0.328 e. The standard InChI is InChI=1S/C12H13ClO4/c1-15-12(14)11(13)8-3-4-9-10(7-8)17-6-2-5-16-9/h3-4,7,11H,2,5-6H2,1H3. The predicted octanol–water partition coefficient (Wildman–Crippen LogP) is 2.30. The van der Waals surface area contributed by atoms with Crippen LogP contribution in [0.25, 0.3) is 0 Å². The number of rotatable bonds is 2. The van der Waals surface area contributed by atoms with Gasteiger partial charge in [0.1, 0.15) is 0 Å². The van der Waals surface area contributed by atoms with Gasteiger partial charge in [0.05, 0.1) is 20.3 Å². The lowest BCUT2D eigenvalue weighted by Gasteiger charge is -2.11. The molecule has 1 aliphatic heterocycles. The van der Waals surface area contributed by atoms with Gasteiger partial charge in [-0.25, -0.2) is 0 Å². The number of benzene rings is 1. The van der Waals surface area contributed by atoms with E-state index in [1.165, 1.54) is 7.11 Å². The minimum absolute atomic E-state index is 0.485. The van der Waals surface area contributed by atoms with Crippen molar-refractivity contribution in [2.45, 2.75) is 11.8 Å². The molecule has 0 bridgehead atoms. The van der Waals surface area contributed by atoms with Crippen molar-refractivity contribution in [3.63, 3.8) is 0 Å². The molecule has 92 valence electrons. The molecule has 0 N–H and O–H groups in total. The van der Waals surface area contributed by atoms with Crippen molar-refractivity contribution in [3.05, 3.63) is 23.8 Å². The largest absolute Gasteiger partial charge is 0.490 e. The summed E-state index contributed by atoms with van der Waals surface area (Å²) in [6, 6.07) is 5.21. The average Bonchev–Trinajstić information content (AvgIpc) is 2.61. The van der Waals surface area contributed by atoms with Gasteiger partial charge < -0.3 is 14.2 Å². The van der Waals surface area contributed by atoms with Crippen LogP contribution in [0.4, 0.5) is 0 Å². The molecule has 0 spiro atoms. The number of esters is 1. The number of carbonyl (C=O) groups excluding carboxylic acids is 1. The zero-order valence-electron chi connectivity index (χ0n) is 9.44. The minimum Gasteiger partial charge on any atom is -0.490 e. The van der Waals surface area contributed by atoms with Crippen molar-refractivity contribution in [1.29, 1.82) is 0 Å². The molecule has 1 aromatic carbocycles. The topological polar surface area (TPSA) is 44.8 Å².